The zero-order valence-electron chi connectivity index (χ0n) is 18.9. The average Bonchev–Trinajstić information content (AvgIpc) is 3.39. The minimum Gasteiger partial charge on any atom is -0.497 e. The highest BCUT2D eigenvalue weighted by Crippen LogP contribution is 2.39. The Bertz CT molecular complexity index is 1120. The summed E-state index contributed by atoms with van der Waals surface area (Å²) in [6.45, 7) is 6.80. The number of benzene rings is 1. The highest BCUT2D eigenvalue weighted by molar-refractivity contribution is 5.77. The fourth-order valence-corrected chi connectivity index (χ4v) is 4.66. The maximum atomic E-state index is 13.2. The molecule has 2 aromatic heterocycles. The number of aromatic nitrogens is 3. The Morgan fingerprint density at radius 2 is 1.97 bits per heavy atom. The molecule has 1 fully saturated rings. The normalized spacial score (nSPS) is 16.2. The minimum atomic E-state index is 0.0323. The molecule has 0 spiro atoms. The predicted octanol–water partition coefficient (Wildman–Crippen LogP) is 3.97. The molecular formula is C24H30N4O3. The van der Waals surface area contributed by atoms with Gasteiger partial charge in [-0.1, -0.05) is 0 Å². The van der Waals surface area contributed by atoms with Crippen LogP contribution in [-0.4, -0.2) is 46.2 Å². The van der Waals surface area contributed by atoms with E-state index in [0.717, 1.165) is 64.7 Å². The minimum absolute atomic E-state index is 0.0323. The van der Waals surface area contributed by atoms with Crippen LogP contribution >= 0.6 is 0 Å². The van der Waals surface area contributed by atoms with Gasteiger partial charge in [0, 0.05) is 42.0 Å². The number of carbonyl (C=O) groups is 1. The molecule has 1 aliphatic heterocycles. The molecule has 1 atom stereocenters. The van der Waals surface area contributed by atoms with Gasteiger partial charge in [-0.3, -0.25) is 4.79 Å². The predicted molar refractivity (Wildman–Crippen MR) is 119 cm³/mol. The highest BCUT2D eigenvalue weighted by Gasteiger charge is 2.32. The van der Waals surface area contributed by atoms with E-state index in [4.69, 9.17) is 9.47 Å². The first-order valence-electron chi connectivity index (χ1n) is 10.8. The Balaban J connectivity index is 1.53. The van der Waals surface area contributed by atoms with Gasteiger partial charge in [-0.2, -0.15) is 5.10 Å². The van der Waals surface area contributed by atoms with Crippen LogP contribution in [0.3, 0.4) is 0 Å². The van der Waals surface area contributed by atoms with Crippen LogP contribution in [0.25, 0.3) is 5.65 Å². The van der Waals surface area contributed by atoms with Crippen molar-refractivity contribution in [2.45, 2.75) is 52.5 Å². The second-order valence-corrected chi connectivity index (χ2v) is 8.17. The molecule has 0 unspecified atom stereocenters. The van der Waals surface area contributed by atoms with Crippen molar-refractivity contribution < 1.29 is 14.3 Å². The number of likely N-dealkylation sites (tertiary alicyclic amines) is 1. The summed E-state index contributed by atoms with van der Waals surface area (Å²) in [5.41, 5.74) is 5.95. The summed E-state index contributed by atoms with van der Waals surface area (Å²) in [6.07, 6.45) is 3.03. The molecule has 1 aliphatic rings. The van der Waals surface area contributed by atoms with Crippen molar-refractivity contribution in [2.24, 2.45) is 0 Å². The van der Waals surface area contributed by atoms with Crippen molar-refractivity contribution in [3.8, 4) is 11.5 Å². The topological polar surface area (TPSA) is 69.0 Å². The molecule has 0 N–H and O–H groups in total. The monoisotopic (exact) mass is 422 g/mol. The standard InChI is InChI=1S/C24H30N4O3/c1-15-13-23-25-16(2)19(17(3)28(23)26-15)10-11-24(29)27-12-6-7-21(27)20-9-8-18(30-4)14-22(20)31-5/h8-9,13-14,21H,6-7,10-12H2,1-5H3/t21-/m0/s1. The average molecular weight is 423 g/mol. The van der Waals surface area contributed by atoms with Gasteiger partial charge in [0.1, 0.15) is 11.5 Å². The third-order valence-corrected chi connectivity index (χ3v) is 6.25. The van der Waals surface area contributed by atoms with Crippen LogP contribution in [0.2, 0.25) is 0 Å². The number of rotatable bonds is 6. The van der Waals surface area contributed by atoms with Gasteiger partial charge in [0.05, 0.1) is 26.0 Å². The lowest BCUT2D eigenvalue weighted by atomic mass is 10.0. The van der Waals surface area contributed by atoms with E-state index < -0.39 is 0 Å². The van der Waals surface area contributed by atoms with Gasteiger partial charge < -0.3 is 14.4 Å². The molecule has 1 amide bonds. The molecule has 0 saturated carbocycles. The van der Waals surface area contributed by atoms with Crippen molar-refractivity contribution in [2.75, 3.05) is 20.8 Å². The van der Waals surface area contributed by atoms with E-state index >= 15 is 0 Å². The summed E-state index contributed by atoms with van der Waals surface area (Å²) in [5.74, 6) is 1.68. The number of methoxy groups -OCH3 is 2. The lowest BCUT2D eigenvalue weighted by Gasteiger charge is -2.27. The quantitative estimate of drug-likeness (QED) is 0.601. The molecule has 1 saturated heterocycles. The van der Waals surface area contributed by atoms with Gasteiger partial charge >= 0.3 is 0 Å². The molecule has 1 aromatic carbocycles. The first-order chi connectivity index (χ1) is 14.9. The van der Waals surface area contributed by atoms with Gasteiger partial charge in [0.2, 0.25) is 5.91 Å². The van der Waals surface area contributed by atoms with Crippen molar-refractivity contribution >= 4 is 11.6 Å². The van der Waals surface area contributed by atoms with E-state index in [0.29, 0.717) is 12.8 Å². The Kier molecular flexibility index (Phi) is 5.85. The zero-order valence-corrected chi connectivity index (χ0v) is 18.9. The van der Waals surface area contributed by atoms with Crippen LogP contribution in [-0.2, 0) is 11.2 Å². The second-order valence-electron chi connectivity index (χ2n) is 8.17. The largest absolute Gasteiger partial charge is 0.497 e. The van der Waals surface area contributed by atoms with E-state index in [1.165, 1.54) is 0 Å². The van der Waals surface area contributed by atoms with Crippen LogP contribution in [0.4, 0.5) is 0 Å². The summed E-state index contributed by atoms with van der Waals surface area (Å²) in [5, 5.41) is 4.54. The maximum Gasteiger partial charge on any atom is 0.223 e. The molecule has 0 radical (unpaired) electrons. The smallest absolute Gasteiger partial charge is 0.223 e. The number of ether oxygens (including phenoxy) is 2. The molecule has 3 aromatic rings. The summed E-state index contributed by atoms with van der Waals surface area (Å²) in [4.78, 5) is 19.9. The molecule has 7 nitrogen and oxygen atoms in total. The Morgan fingerprint density at radius 3 is 2.71 bits per heavy atom. The third-order valence-electron chi connectivity index (χ3n) is 6.25. The van der Waals surface area contributed by atoms with Crippen LogP contribution in [0.5, 0.6) is 11.5 Å². The molecule has 0 aliphatic carbocycles. The summed E-state index contributed by atoms with van der Waals surface area (Å²) >= 11 is 0. The first kappa shape index (κ1) is 21.2. The SMILES string of the molecule is COc1ccc([C@@H]2CCCN2C(=O)CCc2c(C)nc3cc(C)nn3c2C)c(OC)c1. The number of aryl methyl sites for hydroxylation is 3. The van der Waals surface area contributed by atoms with Gasteiger partial charge in [0.25, 0.3) is 0 Å². The highest BCUT2D eigenvalue weighted by atomic mass is 16.5. The van der Waals surface area contributed by atoms with E-state index in [9.17, 15) is 4.79 Å². The number of amides is 1. The van der Waals surface area contributed by atoms with Crippen molar-refractivity contribution in [3.63, 3.8) is 0 Å². The Hall–Kier alpha value is -3.09. The number of hydrogen-bond acceptors (Lipinski definition) is 5. The summed E-state index contributed by atoms with van der Waals surface area (Å²) < 4.78 is 12.8. The second kappa shape index (κ2) is 8.57. The molecular weight excluding hydrogens is 392 g/mol. The number of nitrogens with zero attached hydrogens (tertiary/aromatic N) is 4. The first-order valence-corrected chi connectivity index (χ1v) is 10.8. The van der Waals surface area contributed by atoms with Crippen molar-refractivity contribution in [3.05, 3.63) is 52.5 Å². The number of carbonyl (C=O) groups excluding carboxylic acids is 1. The fourth-order valence-electron chi connectivity index (χ4n) is 4.66. The van der Waals surface area contributed by atoms with Gasteiger partial charge in [-0.15, -0.1) is 0 Å². The molecule has 164 valence electrons. The Labute approximate surface area is 183 Å². The molecule has 0 bridgehead atoms. The Morgan fingerprint density at radius 1 is 1.16 bits per heavy atom. The maximum absolute atomic E-state index is 13.2. The van der Waals surface area contributed by atoms with Gasteiger partial charge in [-0.05, 0) is 57.7 Å². The molecule has 3 heterocycles. The third kappa shape index (κ3) is 3.96. The van der Waals surface area contributed by atoms with Crippen LogP contribution in [0.15, 0.2) is 24.3 Å². The van der Waals surface area contributed by atoms with Crippen molar-refractivity contribution in [1.29, 1.82) is 0 Å². The van der Waals surface area contributed by atoms with Crippen molar-refractivity contribution in [1.82, 2.24) is 19.5 Å². The van der Waals surface area contributed by atoms with E-state index in [1.54, 1.807) is 14.2 Å². The van der Waals surface area contributed by atoms with E-state index in [2.05, 4.69) is 17.0 Å². The zero-order chi connectivity index (χ0) is 22.1. The lowest BCUT2D eigenvalue weighted by Crippen LogP contribution is -2.31. The molecule has 7 heteroatoms. The fraction of sp³-hybridized carbons (Fsp3) is 0.458. The van der Waals surface area contributed by atoms with Crippen LogP contribution in [0, 0.1) is 20.8 Å². The summed E-state index contributed by atoms with van der Waals surface area (Å²) in [6, 6.07) is 7.84. The van der Waals surface area contributed by atoms with E-state index in [-0.39, 0.29) is 11.9 Å². The lowest BCUT2D eigenvalue weighted by molar-refractivity contribution is -0.132. The van der Waals surface area contributed by atoms with Gasteiger partial charge in [-0.25, -0.2) is 9.50 Å². The molecule has 4 rings (SSSR count). The van der Waals surface area contributed by atoms with Crippen LogP contribution < -0.4 is 9.47 Å². The van der Waals surface area contributed by atoms with E-state index in [1.807, 2.05) is 47.5 Å². The molecule has 31 heavy (non-hydrogen) atoms. The summed E-state index contributed by atoms with van der Waals surface area (Å²) in [7, 11) is 3.30. The van der Waals surface area contributed by atoms with Gasteiger partial charge in [0.15, 0.2) is 5.65 Å². The number of hydrogen-bond donors (Lipinski definition) is 0. The van der Waals surface area contributed by atoms with Crippen LogP contribution in [0.1, 0.15) is 53.5 Å². The number of fused-ring (bicyclic) bond motifs is 1.